The molecule has 0 bridgehead atoms. The zero-order valence-corrected chi connectivity index (χ0v) is 9.24. The van der Waals surface area contributed by atoms with Crippen molar-refractivity contribution in [3.05, 3.63) is 42.0 Å². The number of nitrogens with zero attached hydrogens (tertiary/aromatic N) is 2. The molecule has 0 aliphatic rings. The molecule has 0 spiro atoms. The molecule has 4 heteroatoms. The van der Waals surface area contributed by atoms with E-state index in [2.05, 4.69) is 22.1 Å². The number of nitrogen functional groups attached to an aromatic ring is 1. The Morgan fingerprint density at radius 2 is 2.00 bits per heavy atom. The van der Waals surface area contributed by atoms with Gasteiger partial charge in [-0.1, -0.05) is 6.07 Å². The fraction of sp³-hybridized carbons (Fsp3) is 0. The highest BCUT2D eigenvalue weighted by Gasteiger charge is 2.02. The van der Waals surface area contributed by atoms with Crippen molar-refractivity contribution in [2.75, 3.05) is 5.73 Å². The summed E-state index contributed by atoms with van der Waals surface area (Å²) in [6.45, 7) is 0. The summed E-state index contributed by atoms with van der Waals surface area (Å²) < 4.78 is 1.19. The maximum atomic E-state index is 5.61. The molecule has 1 aromatic carbocycles. The molecule has 0 atom stereocenters. The minimum absolute atomic E-state index is 0.679. The van der Waals surface area contributed by atoms with Crippen LogP contribution in [0.15, 0.2) is 42.0 Å². The molecule has 2 heterocycles. The van der Waals surface area contributed by atoms with Crippen LogP contribution in [-0.4, -0.2) is 9.97 Å². The topological polar surface area (TPSA) is 51.8 Å². The maximum Gasteiger partial charge on any atom is 0.0818 e. The molecule has 78 valence electrons. The largest absolute Gasteiger partial charge is 0.397 e. The van der Waals surface area contributed by atoms with Crippen LogP contribution in [0.25, 0.3) is 21.5 Å². The van der Waals surface area contributed by atoms with Crippen LogP contribution in [0.5, 0.6) is 0 Å². The first-order valence-corrected chi connectivity index (χ1v) is 5.76. The van der Waals surface area contributed by atoms with Crippen molar-refractivity contribution in [3.8, 4) is 11.3 Å². The van der Waals surface area contributed by atoms with Crippen LogP contribution >= 0.6 is 11.3 Å². The second-order valence-electron chi connectivity index (χ2n) is 3.51. The van der Waals surface area contributed by atoms with Gasteiger partial charge in [-0.2, -0.15) is 0 Å². The number of hydrogen-bond acceptors (Lipinski definition) is 4. The zero-order valence-electron chi connectivity index (χ0n) is 8.42. The van der Waals surface area contributed by atoms with Crippen LogP contribution < -0.4 is 5.73 Å². The fourth-order valence-electron chi connectivity index (χ4n) is 1.59. The SMILES string of the molecule is Nc1ccc(-c2ccc3scnc3c2)nc1. The van der Waals surface area contributed by atoms with Gasteiger partial charge in [-0.25, -0.2) is 4.98 Å². The highest BCUT2D eigenvalue weighted by Crippen LogP contribution is 2.24. The Kier molecular flexibility index (Phi) is 2.08. The number of nitrogens with two attached hydrogens (primary N) is 1. The molecule has 0 aliphatic carbocycles. The van der Waals surface area contributed by atoms with Crippen LogP contribution in [0.2, 0.25) is 0 Å². The molecular weight excluding hydrogens is 218 g/mol. The van der Waals surface area contributed by atoms with Gasteiger partial charge >= 0.3 is 0 Å². The number of pyridine rings is 1. The Balaban J connectivity index is 2.14. The molecule has 0 fully saturated rings. The molecule has 3 rings (SSSR count). The first-order valence-electron chi connectivity index (χ1n) is 4.88. The molecule has 0 unspecified atom stereocenters. The van der Waals surface area contributed by atoms with E-state index in [9.17, 15) is 0 Å². The lowest BCUT2D eigenvalue weighted by molar-refractivity contribution is 1.33. The van der Waals surface area contributed by atoms with E-state index in [0.717, 1.165) is 16.8 Å². The van der Waals surface area contributed by atoms with E-state index in [1.165, 1.54) is 4.70 Å². The summed E-state index contributed by atoms with van der Waals surface area (Å²) in [6.07, 6.45) is 1.67. The molecule has 0 amide bonds. The summed E-state index contributed by atoms with van der Waals surface area (Å²) in [6, 6.07) is 9.94. The minimum atomic E-state index is 0.679. The fourth-order valence-corrected chi connectivity index (χ4v) is 2.25. The Morgan fingerprint density at radius 3 is 2.81 bits per heavy atom. The summed E-state index contributed by atoms with van der Waals surface area (Å²) in [7, 11) is 0. The third kappa shape index (κ3) is 1.53. The van der Waals surface area contributed by atoms with Crippen LogP contribution in [-0.2, 0) is 0 Å². The van der Waals surface area contributed by atoms with Gasteiger partial charge in [0.15, 0.2) is 0 Å². The average molecular weight is 227 g/mol. The minimum Gasteiger partial charge on any atom is -0.397 e. The number of benzene rings is 1. The molecule has 2 N–H and O–H groups in total. The molecule has 0 saturated heterocycles. The van der Waals surface area contributed by atoms with E-state index >= 15 is 0 Å². The normalized spacial score (nSPS) is 10.8. The molecular formula is C12H9N3S. The van der Waals surface area contributed by atoms with Gasteiger partial charge in [-0.15, -0.1) is 11.3 Å². The predicted octanol–water partition coefficient (Wildman–Crippen LogP) is 2.94. The molecule has 0 saturated carbocycles. The average Bonchev–Trinajstić information content (AvgIpc) is 2.77. The van der Waals surface area contributed by atoms with Crippen LogP contribution in [0.1, 0.15) is 0 Å². The quantitative estimate of drug-likeness (QED) is 0.695. The van der Waals surface area contributed by atoms with Crippen molar-refractivity contribution in [3.63, 3.8) is 0 Å². The second kappa shape index (κ2) is 3.57. The first-order chi connectivity index (χ1) is 7.83. The van der Waals surface area contributed by atoms with Gasteiger partial charge in [0, 0.05) is 5.56 Å². The van der Waals surface area contributed by atoms with E-state index in [1.807, 2.05) is 23.7 Å². The third-order valence-corrected chi connectivity index (χ3v) is 3.22. The van der Waals surface area contributed by atoms with Crippen molar-refractivity contribution in [2.45, 2.75) is 0 Å². The van der Waals surface area contributed by atoms with E-state index < -0.39 is 0 Å². The Morgan fingerprint density at radius 1 is 1.06 bits per heavy atom. The second-order valence-corrected chi connectivity index (χ2v) is 4.40. The lowest BCUT2D eigenvalue weighted by atomic mass is 10.1. The number of rotatable bonds is 1. The number of thiazole rings is 1. The number of aromatic nitrogens is 2. The highest BCUT2D eigenvalue weighted by atomic mass is 32.1. The van der Waals surface area contributed by atoms with Gasteiger partial charge in [-0.3, -0.25) is 4.98 Å². The standard InChI is InChI=1S/C12H9N3S/c13-9-2-3-10(14-6-9)8-1-4-12-11(5-8)15-7-16-12/h1-7H,13H2. The summed E-state index contributed by atoms with van der Waals surface area (Å²) in [5, 5.41) is 0. The smallest absolute Gasteiger partial charge is 0.0818 e. The van der Waals surface area contributed by atoms with Gasteiger partial charge in [0.2, 0.25) is 0 Å². The summed E-state index contributed by atoms with van der Waals surface area (Å²) in [5.74, 6) is 0. The van der Waals surface area contributed by atoms with Gasteiger partial charge in [0.25, 0.3) is 0 Å². The van der Waals surface area contributed by atoms with Crippen molar-refractivity contribution in [1.29, 1.82) is 0 Å². The Bertz CT molecular complexity index is 628. The maximum absolute atomic E-state index is 5.61. The van der Waals surface area contributed by atoms with Gasteiger partial charge in [0.1, 0.15) is 0 Å². The Labute approximate surface area is 96.6 Å². The lowest BCUT2D eigenvalue weighted by Gasteiger charge is -2.00. The molecule has 16 heavy (non-hydrogen) atoms. The molecule has 3 nitrogen and oxygen atoms in total. The van der Waals surface area contributed by atoms with E-state index in [1.54, 1.807) is 17.5 Å². The summed E-state index contributed by atoms with van der Waals surface area (Å²) in [5.41, 5.74) is 11.1. The molecule has 3 aromatic rings. The number of fused-ring (bicyclic) bond motifs is 1. The summed E-state index contributed by atoms with van der Waals surface area (Å²) in [4.78, 5) is 8.58. The molecule has 0 radical (unpaired) electrons. The van der Waals surface area contributed by atoms with Crippen molar-refractivity contribution < 1.29 is 0 Å². The number of anilines is 1. The van der Waals surface area contributed by atoms with Crippen LogP contribution in [0, 0.1) is 0 Å². The molecule has 2 aromatic heterocycles. The summed E-state index contributed by atoms with van der Waals surface area (Å²) >= 11 is 1.64. The number of hydrogen-bond donors (Lipinski definition) is 1. The Hall–Kier alpha value is -1.94. The van der Waals surface area contributed by atoms with Gasteiger partial charge < -0.3 is 5.73 Å². The monoisotopic (exact) mass is 227 g/mol. The predicted molar refractivity (Wildman–Crippen MR) is 67.3 cm³/mol. The highest BCUT2D eigenvalue weighted by molar-refractivity contribution is 7.16. The van der Waals surface area contributed by atoms with E-state index in [-0.39, 0.29) is 0 Å². The third-order valence-electron chi connectivity index (χ3n) is 2.41. The van der Waals surface area contributed by atoms with Gasteiger partial charge in [0.05, 0.1) is 33.3 Å². The van der Waals surface area contributed by atoms with Crippen molar-refractivity contribution >= 4 is 27.2 Å². The van der Waals surface area contributed by atoms with Crippen LogP contribution in [0.3, 0.4) is 0 Å². The first kappa shape index (κ1) is 9.30. The zero-order chi connectivity index (χ0) is 11.0. The van der Waals surface area contributed by atoms with Crippen LogP contribution in [0.4, 0.5) is 5.69 Å². The van der Waals surface area contributed by atoms with Crippen molar-refractivity contribution in [2.24, 2.45) is 0 Å². The van der Waals surface area contributed by atoms with Crippen molar-refractivity contribution in [1.82, 2.24) is 9.97 Å². The van der Waals surface area contributed by atoms with Gasteiger partial charge in [-0.05, 0) is 24.3 Å². The lowest BCUT2D eigenvalue weighted by Crippen LogP contribution is -1.87. The van der Waals surface area contributed by atoms with E-state index in [4.69, 9.17) is 5.73 Å². The van der Waals surface area contributed by atoms with E-state index in [0.29, 0.717) is 5.69 Å². The molecule has 0 aliphatic heterocycles.